The van der Waals surface area contributed by atoms with Crippen LogP contribution in [0.5, 0.6) is 11.5 Å². The molecular weight excluding hydrogens is 376 g/mol. The van der Waals surface area contributed by atoms with Crippen molar-refractivity contribution in [2.24, 2.45) is 0 Å². The van der Waals surface area contributed by atoms with Crippen LogP contribution in [0.3, 0.4) is 0 Å². The van der Waals surface area contributed by atoms with E-state index in [9.17, 15) is 4.79 Å². The summed E-state index contributed by atoms with van der Waals surface area (Å²) >= 11 is 0. The third kappa shape index (κ3) is 4.15. The number of aromatic nitrogens is 1. The van der Waals surface area contributed by atoms with Crippen LogP contribution in [0.1, 0.15) is 24.1 Å². The first-order valence-electron chi connectivity index (χ1n) is 9.93. The Kier molecular flexibility index (Phi) is 5.70. The Balaban J connectivity index is 1.78. The number of ether oxygens (including phenoxy) is 2. The number of H-pyrrole nitrogens is 1. The average Bonchev–Trinajstić information content (AvgIpc) is 2.79. The van der Waals surface area contributed by atoms with Gasteiger partial charge in [0.05, 0.1) is 19.8 Å². The summed E-state index contributed by atoms with van der Waals surface area (Å²) < 4.78 is 10.9. The first-order chi connectivity index (χ1) is 14.7. The molecule has 1 atom stereocenters. The number of methoxy groups -OCH3 is 1. The van der Waals surface area contributed by atoms with Crippen LogP contribution in [0.15, 0.2) is 83.7 Å². The van der Waals surface area contributed by atoms with Gasteiger partial charge < -0.3 is 19.8 Å². The van der Waals surface area contributed by atoms with Gasteiger partial charge in [-0.15, -0.1) is 0 Å². The molecule has 0 aliphatic rings. The topological polar surface area (TPSA) is 63.4 Å². The number of benzene rings is 3. The van der Waals surface area contributed by atoms with Crippen LogP contribution in [0.25, 0.3) is 10.9 Å². The lowest BCUT2D eigenvalue weighted by molar-refractivity contribution is 0.340. The number of anilines is 1. The van der Waals surface area contributed by atoms with Gasteiger partial charge in [0.15, 0.2) is 0 Å². The van der Waals surface area contributed by atoms with Crippen LogP contribution in [-0.2, 0) is 0 Å². The van der Waals surface area contributed by atoms with E-state index in [4.69, 9.17) is 9.47 Å². The summed E-state index contributed by atoms with van der Waals surface area (Å²) in [6.45, 7) is 2.58. The number of aromatic amines is 1. The zero-order valence-corrected chi connectivity index (χ0v) is 17.0. The third-order valence-corrected chi connectivity index (χ3v) is 5.00. The van der Waals surface area contributed by atoms with E-state index < -0.39 is 0 Å². The van der Waals surface area contributed by atoms with Crippen molar-refractivity contribution < 1.29 is 9.47 Å². The molecule has 2 N–H and O–H groups in total. The first-order valence-corrected chi connectivity index (χ1v) is 9.93. The van der Waals surface area contributed by atoms with Gasteiger partial charge in [0.2, 0.25) is 0 Å². The highest BCUT2D eigenvalue weighted by Gasteiger charge is 2.18. The van der Waals surface area contributed by atoms with Gasteiger partial charge in [-0.25, -0.2) is 0 Å². The molecular formula is C25H24N2O3. The Hall–Kier alpha value is -3.73. The van der Waals surface area contributed by atoms with Crippen LogP contribution < -0.4 is 20.3 Å². The molecule has 4 aromatic rings. The minimum atomic E-state index is -0.316. The third-order valence-electron chi connectivity index (χ3n) is 5.00. The van der Waals surface area contributed by atoms with Gasteiger partial charge in [0, 0.05) is 22.2 Å². The van der Waals surface area contributed by atoms with Gasteiger partial charge in [-0.05, 0) is 61.0 Å². The van der Waals surface area contributed by atoms with Gasteiger partial charge in [-0.1, -0.05) is 30.3 Å². The van der Waals surface area contributed by atoms with Gasteiger partial charge in [0.1, 0.15) is 11.5 Å². The van der Waals surface area contributed by atoms with E-state index in [1.54, 1.807) is 7.11 Å². The second-order valence-electron chi connectivity index (χ2n) is 6.95. The number of hydrogen-bond donors (Lipinski definition) is 2. The van der Waals surface area contributed by atoms with Crippen molar-refractivity contribution in [1.82, 2.24) is 4.98 Å². The molecule has 3 aromatic carbocycles. The van der Waals surface area contributed by atoms with E-state index in [1.807, 2.05) is 85.8 Å². The maximum atomic E-state index is 13.0. The van der Waals surface area contributed by atoms with Crippen molar-refractivity contribution in [3.63, 3.8) is 0 Å². The molecule has 0 bridgehead atoms. The smallest absolute Gasteiger partial charge is 0.254 e. The summed E-state index contributed by atoms with van der Waals surface area (Å²) in [6, 6.07) is 24.9. The van der Waals surface area contributed by atoms with E-state index in [-0.39, 0.29) is 11.6 Å². The van der Waals surface area contributed by atoms with Crippen molar-refractivity contribution in [2.45, 2.75) is 13.0 Å². The van der Waals surface area contributed by atoms with Crippen molar-refractivity contribution in [3.05, 3.63) is 100 Å². The molecule has 152 valence electrons. The number of pyridine rings is 1. The molecule has 0 spiro atoms. The Bertz CT molecular complexity index is 1180. The standard InChI is InChI=1S/C25H24N2O3/c1-3-30-20-11-9-19(10-12-20)26-24(17-7-5-4-6-8-17)22-16-18-15-21(29-2)13-14-23(18)27-25(22)28/h4-16,24,26H,3H2,1-2H3,(H,27,28). The summed E-state index contributed by atoms with van der Waals surface area (Å²) in [6.07, 6.45) is 0. The largest absolute Gasteiger partial charge is 0.497 e. The molecule has 0 radical (unpaired) electrons. The molecule has 0 saturated heterocycles. The molecule has 0 amide bonds. The highest BCUT2D eigenvalue weighted by atomic mass is 16.5. The Morgan fingerprint density at radius 1 is 0.933 bits per heavy atom. The zero-order valence-electron chi connectivity index (χ0n) is 17.0. The van der Waals surface area contributed by atoms with Crippen LogP contribution in [0, 0.1) is 0 Å². The maximum absolute atomic E-state index is 13.0. The summed E-state index contributed by atoms with van der Waals surface area (Å²) in [4.78, 5) is 16.0. The summed E-state index contributed by atoms with van der Waals surface area (Å²) in [5.74, 6) is 1.56. The van der Waals surface area contributed by atoms with E-state index >= 15 is 0 Å². The number of fused-ring (bicyclic) bond motifs is 1. The Morgan fingerprint density at radius 3 is 2.37 bits per heavy atom. The number of hydrogen-bond acceptors (Lipinski definition) is 4. The first kappa shape index (κ1) is 19.6. The van der Waals surface area contributed by atoms with Gasteiger partial charge >= 0.3 is 0 Å². The summed E-state index contributed by atoms with van der Waals surface area (Å²) in [7, 11) is 1.63. The lowest BCUT2D eigenvalue weighted by Crippen LogP contribution is -2.22. The van der Waals surface area contributed by atoms with E-state index in [0.717, 1.165) is 33.7 Å². The molecule has 1 aromatic heterocycles. The van der Waals surface area contributed by atoms with Crippen LogP contribution >= 0.6 is 0 Å². The predicted molar refractivity (Wildman–Crippen MR) is 121 cm³/mol. The molecule has 5 heteroatoms. The minimum Gasteiger partial charge on any atom is -0.497 e. The van der Waals surface area contributed by atoms with E-state index in [2.05, 4.69) is 10.3 Å². The fourth-order valence-corrected chi connectivity index (χ4v) is 3.51. The number of rotatable bonds is 7. The Labute approximate surface area is 175 Å². The normalized spacial score (nSPS) is 11.8. The average molecular weight is 400 g/mol. The quantitative estimate of drug-likeness (QED) is 0.451. The molecule has 0 aliphatic carbocycles. The highest BCUT2D eigenvalue weighted by Crippen LogP contribution is 2.28. The maximum Gasteiger partial charge on any atom is 0.254 e. The van der Waals surface area contributed by atoms with E-state index in [0.29, 0.717) is 12.2 Å². The van der Waals surface area contributed by atoms with Crippen molar-refractivity contribution in [2.75, 3.05) is 19.0 Å². The highest BCUT2D eigenvalue weighted by molar-refractivity contribution is 5.81. The monoisotopic (exact) mass is 400 g/mol. The predicted octanol–water partition coefficient (Wildman–Crippen LogP) is 5.14. The molecule has 0 saturated carbocycles. The zero-order chi connectivity index (χ0) is 20.9. The van der Waals surface area contributed by atoms with Crippen LogP contribution in [-0.4, -0.2) is 18.7 Å². The number of nitrogens with one attached hydrogen (secondary N) is 2. The lowest BCUT2D eigenvalue weighted by atomic mass is 9.98. The molecule has 1 heterocycles. The van der Waals surface area contributed by atoms with Gasteiger partial charge in [0.25, 0.3) is 5.56 Å². The second kappa shape index (κ2) is 8.74. The summed E-state index contributed by atoms with van der Waals surface area (Å²) in [5.41, 5.74) is 3.18. The molecule has 30 heavy (non-hydrogen) atoms. The SMILES string of the molecule is CCOc1ccc(NC(c2ccccc2)c2cc3cc(OC)ccc3[nH]c2=O)cc1. The van der Waals surface area contributed by atoms with Crippen molar-refractivity contribution in [3.8, 4) is 11.5 Å². The van der Waals surface area contributed by atoms with Gasteiger partial charge in [-0.2, -0.15) is 0 Å². The van der Waals surface area contributed by atoms with E-state index in [1.165, 1.54) is 0 Å². The fourth-order valence-electron chi connectivity index (χ4n) is 3.51. The second-order valence-corrected chi connectivity index (χ2v) is 6.95. The van der Waals surface area contributed by atoms with Crippen LogP contribution in [0.4, 0.5) is 5.69 Å². The van der Waals surface area contributed by atoms with Crippen molar-refractivity contribution >= 4 is 16.6 Å². The minimum absolute atomic E-state index is 0.125. The molecule has 1 unspecified atom stereocenters. The van der Waals surface area contributed by atoms with Crippen molar-refractivity contribution in [1.29, 1.82) is 0 Å². The lowest BCUT2D eigenvalue weighted by Gasteiger charge is -2.21. The summed E-state index contributed by atoms with van der Waals surface area (Å²) in [5, 5.41) is 4.42. The fraction of sp³-hybridized carbons (Fsp3) is 0.160. The molecule has 4 rings (SSSR count). The van der Waals surface area contributed by atoms with Crippen LogP contribution in [0.2, 0.25) is 0 Å². The molecule has 5 nitrogen and oxygen atoms in total. The van der Waals surface area contributed by atoms with Gasteiger partial charge in [-0.3, -0.25) is 4.79 Å². The molecule has 0 aliphatic heterocycles. The molecule has 0 fully saturated rings. The Morgan fingerprint density at radius 2 is 1.67 bits per heavy atom.